The van der Waals surface area contributed by atoms with Gasteiger partial charge in [-0.3, -0.25) is 9.10 Å². The normalized spacial score (nSPS) is 12.0. The third-order valence-corrected chi connectivity index (χ3v) is 6.03. The maximum absolute atomic E-state index is 13.1. The first-order valence-corrected chi connectivity index (χ1v) is 11.3. The number of sulfonamides is 1. The number of benzene rings is 3. The third-order valence-electron chi connectivity index (χ3n) is 4.59. The van der Waals surface area contributed by atoms with Crippen molar-refractivity contribution in [1.29, 1.82) is 0 Å². The van der Waals surface area contributed by atoms with E-state index >= 15 is 0 Å². The molecule has 0 fully saturated rings. The zero-order valence-electron chi connectivity index (χ0n) is 16.3. The highest BCUT2D eigenvalue weighted by Crippen LogP contribution is 2.36. The number of rotatable bonds is 6. The molecule has 0 saturated heterocycles. The molecule has 0 atom stereocenters. The molecule has 0 bridgehead atoms. The molecule has 0 aromatic heterocycles. The van der Waals surface area contributed by atoms with E-state index in [-0.39, 0.29) is 11.6 Å². The van der Waals surface area contributed by atoms with Gasteiger partial charge in [-0.1, -0.05) is 54.1 Å². The predicted molar refractivity (Wildman–Crippen MR) is 114 cm³/mol. The zero-order chi connectivity index (χ0) is 22.8. The van der Waals surface area contributed by atoms with Crippen molar-refractivity contribution >= 4 is 44.0 Å². The molecular weight excluding hydrogens is 453 g/mol. The minimum absolute atomic E-state index is 0.119. The van der Waals surface area contributed by atoms with Gasteiger partial charge in [-0.2, -0.15) is 13.2 Å². The predicted octanol–water partition coefficient (Wildman–Crippen LogP) is 4.59. The Morgan fingerprint density at radius 2 is 1.74 bits per heavy atom. The van der Waals surface area contributed by atoms with Gasteiger partial charge in [-0.05, 0) is 34.5 Å². The molecule has 10 heteroatoms. The van der Waals surface area contributed by atoms with Crippen molar-refractivity contribution in [3.05, 3.63) is 76.8 Å². The van der Waals surface area contributed by atoms with Gasteiger partial charge in [-0.25, -0.2) is 8.42 Å². The highest BCUT2D eigenvalue weighted by molar-refractivity contribution is 7.92. The van der Waals surface area contributed by atoms with Gasteiger partial charge in [0.1, 0.15) is 6.54 Å². The number of hydrogen-bond acceptors (Lipinski definition) is 3. The summed E-state index contributed by atoms with van der Waals surface area (Å²) in [6.07, 6.45) is -3.90. The quantitative estimate of drug-likeness (QED) is 0.573. The molecule has 5 nitrogen and oxygen atoms in total. The summed E-state index contributed by atoms with van der Waals surface area (Å²) >= 11 is 5.96. The van der Waals surface area contributed by atoms with Crippen LogP contribution in [0.15, 0.2) is 60.7 Å². The summed E-state index contributed by atoms with van der Waals surface area (Å²) in [6, 6.07) is 15.4. The summed E-state index contributed by atoms with van der Waals surface area (Å²) in [5.41, 5.74) is -0.675. The maximum atomic E-state index is 13.1. The van der Waals surface area contributed by atoms with Crippen LogP contribution in [0.4, 0.5) is 18.9 Å². The highest BCUT2D eigenvalue weighted by atomic mass is 35.5. The van der Waals surface area contributed by atoms with Crippen LogP contribution in [-0.4, -0.2) is 27.1 Å². The topological polar surface area (TPSA) is 66.5 Å². The highest BCUT2D eigenvalue weighted by Gasteiger charge is 2.33. The summed E-state index contributed by atoms with van der Waals surface area (Å²) in [4.78, 5) is 12.5. The zero-order valence-corrected chi connectivity index (χ0v) is 17.9. The van der Waals surface area contributed by atoms with E-state index in [1.165, 1.54) is 0 Å². The van der Waals surface area contributed by atoms with E-state index in [1.54, 1.807) is 0 Å². The lowest BCUT2D eigenvalue weighted by Gasteiger charge is -2.24. The number of amides is 1. The van der Waals surface area contributed by atoms with Crippen molar-refractivity contribution in [3.8, 4) is 0 Å². The van der Waals surface area contributed by atoms with Crippen molar-refractivity contribution in [3.63, 3.8) is 0 Å². The lowest BCUT2D eigenvalue weighted by molar-refractivity contribution is -0.137. The number of nitrogens with zero attached hydrogens (tertiary/aromatic N) is 1. The minimum Gasteiger partial charge on any atom is -0.350 e. The molecule has 3 rings (SSSR count). The van der Waals surface area contributed by atoms with E-state index in [0.29, 0.717) is 10.4 Å². The molecule has 3 aromatic rings. The number of hydrogen-bond donors (Lipinski definition) is 1. The monoisotopic (exact) mass is 470 g/mol. The van der Waals surface area contributed by atoms with Gasteiger partial charge in [0, 0.05) is 6.54 Å². The first-order valence-electron chi connectivity index (χ1n) is 9.04. The van der Waals surface area contributed by atoms with E-state index in [2.05, 4.69) is 5.32 Å². The lowest BCUT2D eigenvalue weighted by atomic mass is 10.0. The molecule has 0 radical (unpaired) electrons. The number of anilines is 1. The first-order chi connectivity index (χ1) is 14.5. The van der Waals surface area contributed by atoms with Crippen LogP contribution in [0, 0.1) is 0 Å². The molecule has 0 saturated carbocycles. The molecule has 0 aliphatic heterocycles. The molecule has 164 valence electrons. The number of nitrogens with one attached hydrogen (secondary N) is 1. The van der Waals surface area contributed by atoms with Crippen molar-refractivity contribution < 1.29 is 26.4 Å². The van der Waals surface area contributed by atoms with Crippen LogP contribution in [0.25, 0.3) is 10.8 Å². The molecule has 0 spiro atoms. The summed E-state index contributed by atoms with van der Waals surface area (Å²) in [5.74, 6) is -0.688. The van der Waals surface area contributed by atoms with Gasteiger partial charge in [0.15, 0.2) is 0 Å². The summed E-state index contributed by atoms with van der Waals surface area (Å²) < 4.78 is 64.2. The second-order valence-corrected chi connectivity index (χ2v) is 9.16. The van der Waals surface area contributed by atoms with Gasteiger partial charge >= 0.3 is 6.18 Å². The van der Waals surface area contributed by atoms with Crippen molar-refractivity contribution in [1.82, 2.24) is 5.32 Å². The van der Waals surface area contributed by atoms with Gasteiger partial charge in [0.25, 0.3) is 0 Å². The summed E-state index contributed by atoms with van der Waals surface area (Å²) in [7, 11) is -4.09. The van der Waals surface area contributed by atoms with Gasteiger partial charge in [0.05, 0.1) is 22.5 Å². The van der Waals surface area contributed by atoms with Crippen LogP contribution >= 0.6 is 11.6 Å². The number of halogens is 4. The molecule has 3 aromatic carbocycles. The van der Waals surface area contributed by atoms with Gasteiger partial charge in [0.2, 0.25) is 15.9 Å². The number of carbonyl (C=O) groups excluding carboxylic acids is 1. The van der Waals surface area contributed by atoms with Crippen molar-refractivity contribution in [2.24, 2.45) is 0 Å². The van der Waals surface area contributed by atoms with Crippen LogP contribution in [0.2, 0.25) is 5.02 Å². The fraction of sp³-hybridized carbons (Fsp3) is 0.190. The van der Waals surface area contributed by atoms with Gasteiger partial charge < -0.3 is 5.32 Å². The number of alkyl halides is 3. The Balaban J connectivity index is 1.83. The summed E-state index contributed by atoms with van der Waals surface area (Å²) in [6.45, 7) is -0.598. The molecular formula is C21H18ClF3N2O3S. The van der Waals surface area contributed by atoms with Gasteiger partial charge in [-0.15, -0.1) is 0 Å². The average Bonchev–Trinajstić information content (AvgIpc) is 2.69. The Hall–Kier alpha value is -2.78. The van der Waals surface area contributed by atoms with Crippen molar-refractivity contribution in [2.45, 2.75) is 12.7 Å². The van der Waals surface area contributed by atoms with E-state index in [4.69, 9.17) is 11.6 Å². The standard InChI is InChI=1S/C21H18ClF3N2O3S/c1-31(29,30)27(19-11-16(21(23,24)25)9-10-18(19)22)13-20(28)26-12-15-7-4-6-14-5-2-3-8-17(14)15/h2-11H,12-13H2,1H3,(H,26,28). The van der Waals surface area contributed by atoms with Crippen LogP contribution in [0.1, 0.15) is 11.1 Å². The molecule has 1 N–H and O–H groups in total. The fourth-order valence-electron chi connectivity index (χ4n) is 3.09. The Kier molecular flexibility index (Phi) is 6.47. The Morgan fingerprint density at radius 3 is 2.42 bits per heavy atom. The number of carbonyl (C=O) groups is 1. The molecule has 31 heavy (non-hydrogen) atoms. The first kappa shape index (κ1) is 22.9. The Morgan fingerprint density at radius 1 is 1.06 bits per heavy atom. The minimum atomic E-state index is -4.70. The van der Waals surface area contributed by atoms with E-state index in [0.717, 1.165) is 34.7 Å². The fourth-order valence-corrected chi connectivity index (χ4v) is 4.22. The Labute approximate surface area is 182 Å². The average molecular weight is 471 g/mol. The molecule has 1 amide bonds. The number of fused-ring (bicyclic) bond motifs is 1. The van der Waals surface area contributed by atoms with E-state index in [1.807, 2.05) is 42.5 Å². The summed E-state index contributed by atoms with van der Waals surface area (Å²) in [5, 5.41) is 4.29. The lowest BCUT2D eigenvalue weighted by Crippen LogP contribution is -2.40. The molecule has 0 aliphatic carbocycles. The molecule has 0 aliphatic rings. The molecule has 0 unspecified atom stereocenters. The SMILES string of the molecule is CS(=O)(=O)N(CC(=O)NCc1cccc2ccccc12)c1cc(C(F)(F)F)ccc1Cl. The smallest absolute Gasteiger partial charge is 0.350 e. The van der Waals surface area contributed by atoms with Crippen LogP contribution in [0.5, 0.6) is 0 Å². The maximum Gasteiger partial charge on any atom is 0.416 e. The van der Waals surface area contributed by atoms with Crippen molar-refractivity contribution in [2.75, 3.05) is 17.1 Å². The Bertz CT molecular complexity index is 1220. The third kappa shape index (κ3) is 5.48. The second kappa shape index (κ2) is 8.76. The van der Waals surface area contributed by atoms with E-state index < -0.39 is 39.9 Å². The van der Waals surface area contributed by atoms with Crippen LogP contribution in [-0.2, 0) is 27.5 Å². The van der Waals surface area contributed by atoms with Crippen LogP contribution < -0.4 is 9.62 Å². The second-order valence-electron chi connectivity index (χ2n) is 6.85. The molecule has 0 heterocycles. The van der Waals surface area contributed by atoms with E-state index in [9.17, 15) is 26.4 Å². The largest absolute Gasteiger partial charge is 0.416 e. The van der Waals surface area contributed by atoms with Crippen LogP contribution in [0.3, 0.4) is 0 Å².